The van der Waals surface area contributed by atoms with Crippen molar-refractivity contribution < 1.29 is 19.5 Å². The number of nitriles is 1. The van der Waals surface area contributed by atoms with Crippen LogP contribution in [0.3, 0.4) is 0 Å². The van der Waals surface area contributed by atoms with E-state index in [4.69, 9.17) is 20.5 Å². The number of rotatable bonds is 9. The summed E-state index contributed by atoms with van der Waals surface area (Å²) in [5.74, 6) is 1.15. The topological polar surface area (TPSA) is 144 Å². The van der Waals surface area contributed by atoms with Gasteiger partial charge in [-0.3, -0.25) is 10.1 Å². The van der Waals surface area contributed by atoms with Crippen LogP contribution in [0.5, 0.6) is 11.5 Å². The van der Waals surface area contributed by atoms with Gasteiger partial charge in [0.15, 0.2) is 0 Å². The summed E-state index contributed by atoms with van der Waals surface area (Å²) in [7, 11) is 3.13. The molecule has 0 aliphatic carbocycles. The number of nitrogens with zero attached hydrogens (tertiary/aromatic N) is 2. The number of ether oxygens (including phenoxy) is 2. The van der Waals surface area contributed by atoms with Gasteiger partial charge in [0, 0.05) is 30.8 Å². The summed E-state index contributed by atoms with van der Waals surface area (Å²) in [5, 5.41) is 33.0. The quantitative estimate of drug-likeness (QED) is 0.338. The molecule has 2 aromatic rings. The second kappa shape index (κ2) is 9.43. The molecule has 0 heterocycles. The van der Waals surface area contributed by atoms with E-state index in [1.165, 1.54) is 12.1 Å². The number of hydrogen-bond acceptors (Lipinski definition) is 8. The van der Waals surface area contributed by atoms with E-state index in [0.29, 0.717) is 30.2 Å². The van der Waals surface area contributed by atoms with Gasteiger partial charge in [-0.2, -0.15) is 5.26 Å². The summed E-state index contributed by atoms with van der Waals surface area (Å²) in [6.45, 7) is 0.290. The van der Waals surface area contributed by atoms with Gasteiger partial charge in [-0.1, -0.05) is 0 Å². The van der Waals surface area contributed by atoms with Crippen molar-refractivity contribution in [1.82, 2.24) is 0 Å². The molecule has 9 nitrogen and oxygen atoms in total. The molecule has 0 aliphatic heterocycles. The van der Waals surface area contributed by atoms with Crippen LogP contribution in [0, 0.1) is 27.4 Å². The Labute approximate surface area is 162 Å². The van der Waals surface area contributed by atoms with Crippen LogP contribution in [-0.2, 0) is 6.42 Å². The van der Waals surface area contributed by atoms with Crippen LogP contribution in [0.15, 0.2) is 30.3 Å². The number of aliphatic hydroxyl groups excluding tert-OH is 1. The number of nitrogens with two attached hydrogens (primary N) is 1. The highest BCUT2D eigenvalue weighted by Gasteiger charge is 2.20. The van der Waals surface area contributed by atoms with Gasteiger partial charge >= 0.3 is 5.69 Å². The van der Waals surface area contributed by atoms with Crippen LogP contribution in [0.25, 0.3) is 0 Å². The number of benzene rings is 2. The van der Waals surface area contributed by atoms with Crippen molar-refractivity contribution in [1.29, 1.82) is 5.26 Å². The maximum absolute atomic E-state index is 11.0. The molecule has 0 saturated heterocycles. The van der Waals surface area contributed by atoms with Gasteiger partial charge in [0.2, 0.25) is 0 Å². The normalized spacial score (nSPS) is 11.4. The predicted molar refractivity (Wildman–Crippen MR) is 105 cm³/mol. The third kappa shape index (κ3) is 5.02. The number of aliphatic hydroxyl groups is 1. The van der Waals surface area contributed by atoms with E-state index < -0.39 is 10.6 Å². The maximum atomic E-state index is 11.0. The minimum Gasteiger partial charge on any atom is -0.497 e. The first-order valence-electron chi connectivity index (χ1n) is 8.46. The second-order valence-electron chi connectivity index (χ2n) is 6.19. The molecular weight excluding hydrogens is 364 g/mol. The van der Waals surface area contributed by atoms with Crippen LogP contribution in [-0.4, -0.2) is 37.4 Å². The van der Waals surface area contributed by atoms with E-state index in [2.05, 4.69) is 5.32 Å². The Bertz CT molecular complexity index is 872. The lowest BCUT2D eigenvalue weighted by atomic mass is 9.99. The Balaban J connectivity index is 2.14. The Hall–Kier alpha value is -3.51. The number of nitrogens with one attached hydrogen (secondary N) is 1. The minimum atomic E-state index is -0.676. The van der Waals surface area contributed by atoms with Crippen LogP contribution >= 0.6 is 0 Å². The summed E-state index contributed by atoms with van der Waals surface area (Å²) in [4.78, 5) is 10.4. The lowest BCUT2D eigenvalue weighted by Crippen LogP contribution is -2.20. The van der Waals surface area contributed by atoms with Crippen LogP contribution < -0.4 is 20.5 Å². The Morgan fingerprint density at radius 1 is 1.25 bits per heavy atom. The van der Waals surface area contributed by atoms with E-state index in [1.807, 2.05) is 12.1 Å². The van der Waals surface area contributed by atoms with Crippen molar-refractivity contribution >= 4 is 17.1 Å². The number of nitro groups is 1. The highest BCUT2D eigenvalue weighted by atomic mass is 16.6. The number of nitro benzene ring substituents is 1. The zero-order valence-electron chi connectivity index (χ0n) is 15.6. The molecule has 1 unspecified atom stereocenters. The number of hydrogen-bond donors (Lipinski definition) is 3. The lowest BCUT2D eigenvalue weighted by Gasteiger charge is -2.17. The molecule has 0 aromatic heterocycles. The number of methoxy groups -OCH3 is 2. The second-order valence-corrected chi connectivity index (χ2v) is 6.19. The van der Waals surface area contributed by atoms with E-state index in [9.17, 15) is 15.2 Å². The summed E-state index contributed by atoms with van der Waals surface area (Å²) >= 11 is 0. The van der Waals surface area contributed by atoms with Gasteiger partial charge in [-0.25, -0.2) is 0 Å². The van der Waals surface area contributed by atoms with Crippen molar-refractivity contribution in [2.45, 2.75) is 6.42 Å². The van der Waals surface area contributed by atoms with Gasteiger partial charge in [0.05, 0.1) is 19.1 Å². The zero-order chi connectivity index (χ0) is 20.7. The largest absolute Gasteiger partial charge is 0.497 e. The van der Waals surface area contributed by atoms with E-state index >= 15 is 0 Å². The molecule has 0 saturated carbocycles. The lowest BCUT2D eigenvalue weighted by molar-refractivity contribution is -0.384. The van der Waals surface area contributed by atoms with E-state index in [-0.39, 0.29) is 23.8 Å². The Morgan fingerprint density at radius 3 is 2.39 bits per heavy atom. The number of nitrogen functional groups attached to an aromatic ring is 1. The molecule has 0 amide bonds. The fourth-order valence-electron chi connectivity index (χ4n) is 2.83. The molecule has 0 aliphatic rings. The maximum Gasteiger partial charge on any atom is 0.309 e. The van der Waals surface area contributed by atoms with Crippen molar-refractivity contribution in [2.75, 3.05) is 38.4 Å². The standard InChI is InChI=1S/C19H22N4O5/c1-27-16-4-12(5-17(8-16)28-2)3-13(11-24)10-22-15-6-14(9-20)19(23(25)26)18(21)7-15/h4-8,13,22,24H,3,10-11,21H2,1-2H3. The summed E-state index contributed by atoms with van der Waals surface area (Å²) in [5.41, 5.74) is 6.50. The summed E-state index contributed by atoms with van der Waals surface area (Å²) in [6, 6.07) is 10.1. The van der Waals surface area contributed by atoms with Gasteiger partial charge < -0.3 is 25.6 Å². The average molecular weight is 386 g/mol. The van der Waals surface area contributed by atoms with Crippen molar-refractivity contribution in [3.05, 3.63) is 51.6 Å². The van der Waals surface area contributed by atoms with Crippen molar-refractivity contribution in [3.63, 3.8) is 0 Å². The molecule has 9 heteroatoms. The Kier molecular flexibility index (Phi) is 7.01. The summed E-state index contributed by atoms with van der Waals surface area (Å²) in [6.07, 6.45) is 0.546. The van der Waals surface area contributed by atoms with Gasteiger partial charge in [-0.15, -0.1) is 0 Å². The molecule has 2 aromatic carbocycles. The monoisotopic (exact) mass is 386 g/mol. The van der Waals surface area contributed by atoms with Crippen LogP contribution in [0.4, 0.5) is 17.1 Å². The smallest absolute Gasteiger partial charge is 0.309 e. The molecule has 148 valence electrons. The van der Waals surface area contributed by atoms with Gasteiger partial charge in [0.1, 0.15) is 28.8 Å². The fraction of sp³-hybridized carbons (Fsp3) is 0.316. The third-order valence-electron chi connectivity index (χ3n) is 4.23. The molecule has 4 N–H and O–H groups in total. The molecule has 0 spiro atoms. The summed E-state index contributed by atoms with van der Waals surface area (Å²) < 4.78 is 10.5. The molecule has 0 bridgehead atoms. The van der Waals surface area contributed by atoms with Crippen LogP contribution in [0.1, 0.15) is 11.1 Å². The molecule has 28 heavy (non-hydrogen) atoms. The highest BCUT2D eigenvalue weighted by Crippen LogP contribution is 2.30. The van der Waals surface area contributed by atoms with Gasteiger partial charge in [-0.05, 0) is 36.2 Å². The van der Waals surface area contributed by atoms with Crippen LogP contribution in [0.2, 0.25) is 0 Å². The minimum absolute atomic E-state index is 0.0832. The molecular formula is C19H22N4O5. The fourth-order valence-corrected chi connectivity index (χ4v) is 2.83. The first kappa shape index (κ1) is 20.8. The molecule has 0 fully saturated rings. The predicted octanol–water partition coefficient (Wildman–Crippen LogP) is 2.33. The first-order chi connectivity index (χ1) is 13.4. The first-order valence-corrected chi connectivity index (χ1v) is 8.46. The Morgan fingerprint density at radius 2 is 1.89 bits per heavy atom. The zero-order valence-corrected chi connectivity index (χ0v) is 15.6. The molecule has 0 radical (unpaired) electrons. The van der Waals surface area contributed by atoms with E-state index in [1.54, 1.807) is 26.4 Å². The molecule has 1 atom stereocenters. The molecule has 2 rings (SSSR count). The van der Waals surface area contributed by atoms with Crippen molar-refractivity contribution in [2.24, 2.45) is 5.92 Å². The van der Waals surface area contributed by atoms with Crippen molar-refractivity contribution in [3.8, 4) is 17.6 Å². The SMILES string of the molecule is COc1cc(CC(CO)CNc2cc(N)c([N+](=O)[O-])c(C#N)c2)cc(OC)c1. The van der Waals surface area contributed by atoms with Gasteiger partial charge in [0.25, 0.3) is 0 Å². The number of anilines is 2. The van der Waals surface area contributed by atoms with E-state index in [0.717, 1.165) is 5.56 Å². The average Bonchev–Trinajstić information content (AvgIpc) is 2.69. The third-order valence-corrected chi connectivity index (χ3v) is 4.23. The highest BCUT2D eigenvalue weighted by molar-refractivity contribution is 5.72.